The summed E-state index contributed by atoms with van der Waals surface area (Å²) in [5.41, 5.74) is 2.08. The second-order valence-electron chi connectivity index (χ2n) is 6.42. The number of aromatic nitrogens is 5. The Morgan fingerprint density at radius 1 is 1.00 bits per heavy atom. The predicted octanol–water partition coefficient (Wildman–Crippen LogP) is 3.10. The lowest BCUT2D eigenvalue weighted by atomic mass is 9.93. The number of piperidine rings is 1. The van der Waals surface area contributed by atoms with Gasteiger partial charge >= 0.3 is 0 Å². The van der Waals surface area contributed by atoms with Crippen LogP contribution in [-0.2, 0) is 0 Å². The number of hydrogen-bond donors (Lipinski definition) is 1. The van der Waals surface area contributed by atoms with Crippen molar-refractivity contribution in [1.29, 1.82) is 0 Å². The monoisotopic (exact) mass is 347 g/mol. The van der Waals surface area contributed by atoms with Gasteiger partial charge in [0.25, 0.3) is 0 Å². The third kappa shape index (κ3) is 3.77. The van der Waals surface area contributed by atoms with Crippen LogP contribution < -0.4 is 10.2 Å². The fraction of sp³-hybridized carbons (Fsp3) is 0.316. The molecule has 3 aromatic heterocycles. The van der Waals surface area contributed by atoms with Gasteiger partial charge in [0.15, 0.2) is 0 Å². The second-order valence-corrected chi connectivity index (χ2v) is 6.42. The number of rotatable bonds is 4. The summed E-state index contributed by atoms with van der Waals surface area (Å²) >= 11 is 0. The molecule has 1 aliphatic rings. The van der Waals surface area contributed by atoms with Gasteiger partial charge in [0.2, 0.25) is 5.95 Å². The van der Waals surface area contributed by atoms with Crippen LogP contribution in [0.15, 0.2) is 49.1 Å². The molecule has 1 saturated heterocycles. The Kier molecular flexibility index (Phi) is 4.68. The molecule has 132 valence electrons. The topological polar surface area (TPSA) is 79.7 Å². The third-order valence-corrected chi connectivity index (χ3v) is 4.61. The first-order valence-corrected chi connectivity index (χ1v) is 8.82. The molecule has 1 N–H and O–H groups in total. The van der Waals surface area contributed by atoms with Crippen molar-refractivity contribution in [3.8, 4) is 0 Å². The highest BCUT2D eigenvalue weighted by atomic mass is 15.2. The average Bonchev–Trinajstić information content (AvgIpc) is 2.69. The van der Waals surface area contributed by atoms with Gasteiger partial charge in [-0.2, -0.15) is 0 Å². The average molecular weight is 347 g/mol. The SMILES string of the molecule is Cc1cc(N2CCC(c3ccnc(Nc4ccccn4)n3)CC2)ncn1. The molecular formula is C19H21N7. The lowest BCUT2D eigenvalue weighted by Crippen LogP contribution is -2.33. The van der Waals surface area contributed by atoms with Gasteiger partial charge in [-0.3, -0.25) is 0 Å². The van der Waals surface area contributed by atoms with Crippen LogP contribution >= 0.6 is 0 Å². The Balaban J connectivity index is 1.42. The predicted molar refractivity (Wildman–Crippen MR) is 101 cm³/mol. The molecule has 0 atom stereocenters. The van der Waals surface area contributed by atoms with Crippen molar-refractivity contribution in [3.63, 3.8) is 0 Å². The molecule has 0 amide bonds. The molecule has 0 bridgehead atoms. The minimum absolute atomic E-state index is 0.432. The summed E-state index contributed by atoms with van der Waals surface area (Å²) in [5.74, 6) is 2.78. The lowest BCUT2D eigenvalue weighted by Gasteiger charge is -2.32. The van der Waals surface area contributed by atoms with E-state index in [1.807, 2.05) is 43.5 Å². The Bertz CT molecular complexity index is 861. The first-order chi connectivity index (χ1) is 12.8. The molecule has 0 radical (unpaired) electrons. The van der Waals surface area contributed by atoms with Crippen LogP contribution in [0.2, 0.25) is 0 Å². The van der Waals surface area contributed by atoms with Crippen LogP contribution in [0.4, 0.5) is 17.6 Å². The van der Waals surface area contributed by atoms with Crippen molar-refractivity contribution in [2.24, 2.45) is 0 Å². The lowest BCUT2D eigenvalue weighted by molar-refractivity contribution is 0.493. The van der Waals surface area contributed by atoms with Crippen LogP contribution in [0.3, 0.4) is 0 Å². The summed E-state index contributed by atoms with van der Waals surface area (Å²) in [5, 5.41) is 3.16. The molecule has 0 unspecified atom stereocenters. The van der Waals surface area contributed by atoms with Gasteiger partial charge < -0.3 is 10.2 Å². The molecule has 0 aromatic carbocycles. The highest BCUT2D eigenvalue weighted by Gasteiger charge is 2.23. The smallest absolute Gasteiger partial charge is 0.228 e. The normalized spacial score (nSPS) is 15.0. The molecule has 1 aliphatic heterocycles. The van der Waals surface area contributed by atoms with E-state index in [-0.39, 0.29) is 0 Å². The van der Waals surface area contributed by atoms with Crippen LogP contribution in [0, 0.1) is 6.92 Å². The van der Waals surface area contributed by atoms with Gasteiger partial charge in [0, 0.05) is 48.9 Å². The maximum Gasteiger partial charge on any atom is 0.228 e. The number of nitrogens with zero attached hydrogens (tertiary/aromatic N) is 6. The van der Waals surface area contributed by atoms with Crippen molar-refractivity contribution < 1.29 is 0 Å². The van der Waals surface area contributed by atoms with E-state index in [0.717, 1.165) is 49.0 Å². The van der Waals surface area contributed by atoms with Crippen LogP contribution in [-0.4, -0.2) is 38.0 Å². The number of aryl methyl sites for hydroxylation is 1. The molecular weight excluding hydrogens is 326 g/mol. The van der Waals surface area contributed by atoms with Crippen molar-refractivity contribution >= 4 is 17.6 Å². The van der Waals surface area contributed by atoms with Crippen molar-refractivity contribution in [2.45, 2.75) is 25.7 Å². The fourth-order valence-electron chi connectivity index (χ4n) is 3.23. The van der Waals surface area contributed by atoms with Gasteiger partial charge in [-0.25, -0.2) is 24.9 Å². The number of hydrogen-bond acceptors (Lipinski definition) is 7. The molecule has 4 rings (SSSR count). The molecule has 7 heteroatoms. The van der Waals surface area contributed by atoms with E-state index < -0.39 is 0 Å². The minimum atomic E-state index is 0.432. The maximum absolute atomic E-state index is 4.70. The van der Waals surface area contributed by atoms with Crippen molar-refractivity contribution in [1.82, 2.24) is 24.9 Å². The first-order valence-electron chi connectivity index (χ1n) is 8.82. The van der Waals surface area contributed by atoms with E-state index in [2.05, 4.69) is 30.2 Å². The molecule has 3 aromatic rings. The van der Waals surface area contributed by atoms with Crippen molar-refractivity contribution in [3.05, 3.63) is 60.4 Å². The van der Waals surface area contributed by atoms with Crippen molar-refractivity contribution in [2.75, 3.05) is 23.3 Å². The molecule has 0 spiro atoms. The van der Waals surface area contributed by atoms with E-state index in [9.17, 15) is 0 Å². The maximum atomic E-state index is 4.70. The molecule has 0 saturated carbocycles. The van der Waals surface area contributed by atoms with E-state index in [1.54, 1.807) is 12.5 Å². The van der Waals surface area contributed by atoms with Gasteiger partial charge in [0.05, 0.1) is 0 Å². The Morgan fingerprint density at radius 2 is 1.88 bits per heavy atom. The van der Waals surface area contributed by atoms with Gasteiger partial charge in [0.1, 0.15) is 18.0 Å². The molecule has 1 fully saturated rings. The fourth-order valence-corrected chi connectivity index (χ4v) is 3.23. The zero-order valence-corrected chi connectivity index (χ0v) is 14.7. The van der Waals surface area contributed by atoms with Gasteiger partial charge in [-0.05, 0) is 38.0 Å². The Labute approximate surface area is 152 Å². The molecule has 7 nitrogen and oxygen atoms in total. The van der Waals surface area contributed by atoms with Crippen LogP contribution in [0.25, 0.3) is 0 Å². The van der Waals surface area contributed by atoms with Crippen LogP contribution in [0.1, 0.15) is 30.1 Å². The summed E-state index contributed by atoms with van der Waals surface area (Å²) in [4.78, 5) is 24.2. The van der Waals surface area contributed by atoms with Crippen LogP contribution in [0.5, 0.6) is 0 Å². The summed E-state index contributed by atoms with van der Waals surface area (Å²) in [6.45, 7) is 3.93. The quantitative estimate of drug-likeness (QED) is 0.777. The number of anilines is 3. The highest BCUT2D eigenvalue weighted by molar-refractivity contribution is 5.47. The number of pyridine rings is 1. The van der Waals surface area contributed by atoms with Gasteiger partial charge in [-0.15, -0.1) is 0 Å². The third-order valence-electron chi connectivity index (χ3n) is 4.61. The summed E-state index contributed by atoms with van der Waals surface area (Å²) in [6, 6.07) is 9.77. The van der Waals surface area contributed by atoms with E-state index >= 15 is 0 Å². The summed E-state index contributed by atoms with van der Waals surface area (Å²) < 4.78 is 0. The highest BCUT2D eigenvalue weighted by Crippen LogP contribution is 2.29. The molecule has 0 aliphatic carbocycles. The standard InChI is InChI=1S/C19H21N7/c1-14-12-18(23-13-22-14)26-10-6-15(7-11-26)16-5-9-21-19(24-16)25-17-4-2-3-8-20-17/h2-5,8-9,12-13,15H,6-7,10-11H2,1H3,(H,20,21,24,25). The minimum Gasteiger partial charge on any atom is -0.356 e. The zero-order valence-electron chi connectivity index (χ0n) is 14.7. The first kappa shape index (κ1) is 16.4. The largest absolute Gasteiger partial charge is 0.356 e. The molecule has 26 heavy (non-hydrogen) atoms. The van der Waals surface area contributed by atoms with Gasteiger partial charge in [-0.1, -0.05) is 6.07 Å². The zero-order chi connectivity index (χ0) is 17.8. The molecule has 4 heterocycles. The second kappa shape index (κ2) is 7.43. The summed E-state index contributed by atoms with van der Waals surface area (Å²) in [6.07, 6.45) is 7.29. The van der Waals surface area contributed by atoms with E-state index in [0.29, 0.717) is 11.9 Å². The van der Waals surface area contributed by atoms with E-state index in [1.165, 1.54) is 0 Å². The Hall–Kier alpha value is -3.09. The number of nitrogens with one attached hydrogen (secondary N) is 1. The van der Waals surface area contributed by atoms with E-state index in [4.69, 9.17) is 4.98 Å². The Morgan fingerprint density at radius 3 is 2.65 bits per heavy atom. The summed E-state index contributed by atoms with van der Waals surface area (Å²) in [7, 11) is 0.